The first-order valence-corrected chi connectivity index (χ1v) is 5.85. The molecule has 4 nitrogen and oxygen atoms in total. The lowest BCUT2D eigenvalue weighted by molar-refractivity contribution is 0.195. The molecule has 4 heteroatoms. The third-order valence-electron chi connectivity index (χ3n) is 3.38. The van der Waals surface area contributed by atoms with E-state index in [2.05, 4.69) is 24.9 Å². The Kier molecular flexibility index (Phi) is 3.19. The lowest BCUT2D eigenvalue weighted by Crippen LogP contribution is -2.14. The molecule has 1 aromatic carbocycles. The monoisotopic (exact) mass is 244 g/mol. The Bertz CT molecular complexity index is 587. The largest absolute Gasteiger partial charge is 0.464 e. The summed E-state index contributed by atoms with van der Waals surface area (Å²) in [7, 11) is 0. The summed E-state index contributed by atoms with van der Waals surface area (Å²) >= 11 is 0. The van der Waals surface area contributed by atoms with Gasteiger partial charge in [-0.15, -0.1) is 0 Å². The van der Waals surface area contributed by atoms with E-state index in [0.717, 1.165) is 5.56 Å². The zero-order valence-electron chi connectivity index (χ0n) is 10.7. The quantitative estimate of drug-likeness (QED) is 0.882. The molecule has 0 spiro atoms. The standard InChI is InChI=1S/C14H16N2O2/c1-9-5-4-6-12(10(9)2)11(3)13-15-7-8-16(13)14(17)18/h4-8,11H,1-3H3,(H,17,18)/t11-/m0/s1. The van der Waals surface area contributed by atoms with Crippen molar-refractivity contribution in [3.63, 3.8) is 0 Å². The van der Waals surface area contributed by atoms with Gasteiger partial charge in [0.25, 0.3) is 0 Å². The zero-order valence-corrected chi connectivity index (χ0v) is 10.7. The van der Waals surface area contributed by atoms with Gasteiger partial charge in [0.2, 0.25) is 0 Å². The Morgan fingerprint density at radius 3 is 2.78 bits per heavy atom. The first kappa shape index (κ1) is 12.4. The van der Waals surface area contributed by atoms with Crippen LogP contribution in [0.25, 0.3) is 0 Å². The molecule has 0 radical (unpaired) electrons. The van der Waals surface area contributed by atoms with Crippen LogP contribution in [0.3, 0.4) is 0 Å². The third-order valence-corrected chi connectivity index (χ3v) is 3.38. The number of aromatic nitrogens is 2. The summed E-state index contributed by atoms with van der Waals surface area (Å²) < 4.78 is 1.17. The highest BCUT2D eigenvalue weighted by atomic mass is 16.4. The summed E-state index contributed by atoms with van der Waals surface area (Å²) in [4.78, 5) is 15.3. The minimum absolute atomic E-state index is 0.0454. The van der Waals surface area contributed by atoms with E-state index < -0.39 is 6.09 Å². The molecule has 94 valence electrons. The van der Waals surface area contributed by atoms with Crippen LogP contribution in [0.5, 0.6) is 0 Å². The van der Waals surface area contributed by atoms with Gasteiger partial charge in [-0.2, -0.15) is 0 Å². The highest BCUT2D eigenvalue weighted by molar-refractivity contribution is 5.69. The van der Waals surface area contributed by atoms with Crippen molar-refractivity contribution in [1.82, 2.24) is 9.55 Å². The number of hydrogen-bond acceptors (Lipinski definition) is 2. The van der Waals surface area contributed by atoms with Crippen LogP contribution in [0.1, 0.15) is 35.4 Å². The topological polar surface area (TPSA) is 55.1 Å². The minimum atomic E-state index is -1.00. The SMILES string of the molecule is Cc1cccc([C@H](C)c2nccn2C(=O)O)c1C. The van der Waals surface area contributed by atoms with E-state index in [4.69, 9.17) is 5.11 Å². The minimum Gasteiger partial charge on any atom is -0.464 e. The normalized spacial score (nSPS) is 12.4. The van der Waals surface area contributed by atoms with Crippen molar-refractivity contribution in [3.05, 3.63) is 53.1 Å². The van der Waals surface area contributed by atoms with Gasteiger partial charge in [0.05, 0.1) is 0 Å². The summed E-state index contributed by atoms with van der Waals surface area (Å²) in [6, 6.07) is 6.06. The lowest BCUT2D eigenvalue weighted by Gasteiger charge is -2.16. The summed E-state index contributed by atoms with van der Waals surface area (Å²) in [6.07, 6.45) is 1.99. The maximum atomic E-state index is 11.1. The summed E-state index contributed by atoms with van der Waals surface area (Å²) in [5, 5.41) is 9.10. The van der Waals surface area contributed by atoms with E-state index in [-0.39, 0.29) is 5.92 Å². The molecule has 1 aromatic heterocycles. The van der Waals surface area contributed by atoms with Gasteiger partial charge in [-0.1, -0.05) is 25.1 Å². The van der Waals surface area contributed by atoms with Crippen LogP contribution in [-0.4, -0.2) is 20.8 Å². The van der Waals surface area contributed by atoms with Gasteiger partial charge in [0.1, 0.15) is 5.82 Å². The number of carboxylic acid groups (broad SMARTS) is 1. The molecule has 1 heterocycles. The van der Waals surface area contributed by atoms with Crippen LogP contribution < -0.4 is 0 Å². The first-order chi connectivity index (χ1) is 8.52. The molecule has 1 N–H and O–H groups in total. The molecule has 0 aliphatic heterocycles. The third kappa shape index (κ3) is 2.01. The van der Waals surface area contributed by atoms with Crippen molar-refractivity contribution in [2.75, 3.05) is 0 Å². The van der Waals surface area contributed by atoms with Gasteiger partial charge in [-0.05, 0) is 30.5 Å². The molecule has 2 rings (SSSR count). The Labute approximate surface area is 106 Å². The summed E-state index contributed by atoms with van der Waals surface area (Å²) in [5.41, 5.74) is 3.50. The first-order valence-electron chi connectivity index (χ1n) is 5.85. The van der Waals surface area contributed by atoms with E-state index in [1.165, 1.54) is 28.1 Å². The van der Waals surface area contributed by atoms with Crippen molar-refractivity contribution in [3.8, 4) is 0 Å². The second-order valence-corrected chi connectivity index (χ2v) is 4.45. The van der Waals surface area contributed by atoms with E-state index in [1.54, 1.807) is 0 Å². The summed E-state index contributed by atoms with van der Waals surface area (Å²) in [6.45, 7) is 6.08. The van der Waals surface area contributed by atoms with Crippen LogP contribution in [-0.2, 0) is 0 Å². The van der Waals surface area contributed by atoms with Gasteiger partial charge in [-0.25, -0.2) is 14.3 Å². The highest BCUT2D eigenvalue weighted by Gasteiger charge is 2.19. The predicted octanol–water partition coefficient (Wildman–Crippen LogP) is 3.18. The average molecular weight is 244 g/mol. The van der Waals surface area contributed by atoms with E-state index >= 15 is 0 Å². The lowest BCUT2D eigenvalue weighted by atomic mass is 9.93. The fourth-order valence-corrected chi connectivity index (χ4v) is 2.18. The van der Waals surface area contributed by atoms with Crippen molar-refractivity contribution in [2.24, 2.45) is 0 Å². The van der Waals surface area contributed by atoms with E-state index in [1.807, 2.05) is 19.1 Å². The molecule has 0 amide bonds. The van der Waals surface area contributed by atoms with E-state index in [9.17, 15) is 4.79 Å². The number of imidazole rings is 1. The van der Waals surface area contributed by atoms with Gasteiger partial charge < -0.3 is 5.11 Å². The highest BCUT2D eigenvalue weighted by Crippen LogP contribution is 2.27. The second-order valence-electron chi connectivity index (χ2n) is 4.45. The summed E-state index contributed by atoms with van der Waals surface area (Å²) in [5.74, 6) is 0.507. The zero-order chi connectivity index (χ0) is 13.3. The van der Waals surface area contributed by atoms with Crippen molar-refractivity contribution in [2.45, 2.75) is 26.7 Å². The maximum Gasteiger partial charge on any atom is 0.417 e. The molecule has 0 aliphatic rings. The molecule has 2 aromatic rings. The maximum absolute atomic E-state index is 11.1. The van der Waals surface area contributed by atoms with Gasteiger partial charge in [0.15, 0.2) is 0 Å². The van der Waals surface area contributed by atoms with E-state index in [0.29, 0.717) is 5.82 Å². The molecule has 0 bridgehead atoms. The van der Waals surface area contributed by atoms with Crippen molar-refractivity contribution >= 4 is 6.09 Å². The number of carbonyl (C=O) groups is 1. The number of benzene rings is 1. The van der Waals surface area contributed by atoms with Crippen LogP contribution in [0.15, 0.2) is 30.6 Å². The molecular formula is C14H16N2O2. The molecular weight excluding hydrogens is 228 g/mol. The van der Waals surface area contributed by atoms with Crippen LogP contribution >= 0.6 is 0 Å². The fourth-order valence-electron chi connectivity index (χ4n) is 2.18. The molecule has 0 unspecified atom stereocenters. The van der Waals surface area contributed by atoms with Crippen LogP contribution in [0.4, 0.5) is 4.79 Å². The molecule has 0 saturated carbocycles. The Morgan fingerprint density at radius 1 is 1.39 bits per heavy atom. The van der Waals surface area contributed by atoms with Gasteiger partial charge >= 0.3 is 6.09 Å². The van der Waals surface area contributed by atoms with Crippen molar-refractivity contribution in [1.29, 1.82) is 0 Å². The van der Waals surface area contributed by atoms with Crippen molar-refractivity contribution < 1.29 is 9.90 Å². The molecule has 1 atom stereocenters. The second kappa shape index (κ2) is 4.64. The molecule has 0 fully saturated rings. The number of nitrogens with zero attached hydrogens (tertiary/aromatic N) is 2. The van der Waals surface area contributed by atoms with Crippen LogP contribution in [0.2, 0.25) is 0 Å². The smallest absolute Gasteiger partial charge is 0.417 e. The average Bonchev–Trinajstić information content (AvgIpc) is 2.81. The Hall–Kier alpha value is -2.10. The number of rotatable bonds is 2. The number of aryl methyl sites for hydroxylation is 1. The molecule has 0 aliphatic carbocycles. The fraction of sp³-hybridized carbons (Fsp3) is 0.286. The Morgan fingerprint density at radius 2 is 2.11 bits per heavy atom. The molecule has 18 heavy (non-hydrogen) atoms. The predicted molar refractivity (Wildman–Crippen MR) is 69.1 cm³/mol. The molecule has 0 saturated heterocycles. The van der Waals surface area contributed by atoms with Gasteiger partial charge in [0, 0.05) is 18.3 Å². The van der Waals surface area contributed by atoms with Crippen LogP contribution in [0, 0.1) is 13.8 Å². The van der Waals surface area contributed by atoms with Gasteiger partial charge in [-0.3, -0.25) is 0 Å². The number of hydrogen-bond donors (Lipinski definition) is 1. The Balaban J connectivity index is 2.48.